The third kappa shape index (κ3) is 5.57. The minimum Gasteiger partial charge on any atom is -0.241 e. The Balaban J connectivity index is 1.46. The van der Waals surface area contributed by atoms with Gasteiger partial charge in [-0.05, 0) is 70.5 Å². The number of hydrogen-bond acceptors (Lipinski definition) is 6. The molecule has 0 N–H and O–H groups in total. The van der Waals surface area contributed by atoms with Gasteiger partial charge in [-0.1, -0.05) is 68.4 Å². The van der Waals surface area contributed by atoms with Crippen molar-refractivity contribution in [2.75, 3.05) is 0 Å². The molecular formula is C32H36N4S2. The highest BCUT2D eigenvalue weighted by atomic mass is 32.1. The molecule has 0 bridgehead atoms. The second kappa shape index (κ2) is 9.35. The Morgan fingerprint density at radius 2 is 1.05 bits per heavy atom. The van der Waals surface area contributed by atoms with Gasteiger partial charge in [0.2, 0.25) is 0 Å². The molecular weight excluding hydrogens is 505 g/mol. The molecule has 0 aliphatic rings. The second-order valence-electron chi connectivity index (χ2n) is 13.1. The quantitative estimate of drug-likeness (QED) is 0.214. The zero-order valence-electron chi connectivity index (χ0n) is 23.8. The molecule has 0 saturated carbocycles. The summed E-state index contributed by atoms with van der Waals surface area (Å²) in [7, 11) is 0. The van der Waals surface area contributed by atoms with Crippen LogP contribution in [-0.4, -0.2) is 9.97 Å². The van der Waals surface area contributed by atoms with E-state index < -0.39 is 0 Å². The Morgan fingerprint density at radius 1 is 0.553 bits per heavy atom. The lowest BCUT2D eigenvalue weighted by molar-refractivity contribution is 0.569. The predicted octanol–water partition coefficient (Wildman–Crippen LogP) is 10.9. The molecule has 0 unspecified atom stereocenters. The fraction of sp³-hybridized carbons (Fsp3) is 0.375. The molecule has 3 aromatic carbocycles. The average Bonchev–Trinajstić information content (AvgIpc) is 3.45. The number of aromatic nitrogens is 2. The van der Waals surface area contributed by atoms with E-state index in [2.05, 4.69) is 103 Å². The topological polar surface area (TPSA) is 50.5 Å². The maximum absolute atomic E-state index is 5.02. The van der Waals surface area contributed by atoms with Gasteiger partial charge in [-0.3, -0.25) is 0 Å². The normalized spacial score (nSPS) is 13.3. The van der Waals surface area contributed by atoms with Gasteiger partial charge >= 0.3 is 0 Å². The molecule has 0 aliphatic carbocycles. The van der Waals surface area contributed by atoms with E-state index >= 15 is 0 Å². The number of fused-ring (bicyclic) bond motifs is 2. The van der Waals surface area contributed by atoms with Crippen LogP contribution in [0.25, 0.3) is 31.0 Å². The molecule has 0 atom stereocenters. The minimum atomic E-state index is 0.0372. The van der Waals surface area contributed by atoms with E-state index in [1.165, 1.54) is 21.4 Å². The summed E-state index contributed by atoms with van der Waals surface area (Å²) in [6.45, 7) is 20.2. The van der Waals surface area contributed by atoms with Crippen molar-refractivity contribution in [1.29, 1.82) is 0 Å². The highest BCUT2D eigenvalue weighted by molar-refractivity contribution is 7.21. The van der Waals surface area contributed by atoms with E-state index in [-0.39, 0.29) is 16.2 Å². The zero-order valence-corrected chi connectivity index (χ0v) is 25.4. The summed E-state index contributed by atoms with van der Waals surface area (Å²) >= 11 is 3.47. The van der Waals surface area contributed by atoms with Gasteiger partial charge in [0.1, 0.15) is 5.01 Å². The van der Waals surface area contributed by atoms with E-state index in [0.29, 0.717) is 0 Å². The van der Waals surface area contributed by atoms with Crippen LogP contribution >= 0.6 is 22.7 Å². The van der Waals surface area contributed by atoms with E-state index in [1.807, 2.05) is 24.3 Å². The molecule has 0 radical (unpaired) electrons. The van der Waals surface area contributed by atoms with Crippen LogP contribution < -0.4 is 0 Å². The van der Waals surface area contributed by atoms with Crippen molar-refractivity contribution in [2.24, 2.45) is 10.2 Å². The van der Waals surface area contributed by atoms with Gasteiger partial charge < -0.3 is 0 Å². The number of hydrogen-bond donors (Lipinski definition) is 0. The second-order valence-corrected chi connectivity index (χ2v) is 15.2. The van der Waals surface area contributed by atoms with Gasteiger partial charge in [-0.15, -0.1) is 22.7 Å². The molecule has 0 amide bonds. The lowest BCUT2D eigenvalue weighted by atomic mass is 9.79. The number of benzene rings is 3. The lowest BCUT2D eigenvalue weighted by Gasteiger charge is -2.26. The van der Waals surface area contributed by atoms with Crippen LogP contribution in [0.4, 0.5) is 11.4 Å². The molecule has 0 saturated heterocycles. The minimum absolute atomic E-state index is 0.0372. The van der Waals surface area contributed by atoms with Crippen LogP contribution in [0.1, 0.15) is 78.4 Å². The molecule has 6 heteroatoms. The molecule has 5 rings (SSSR count). The van der Waals surface area contributed by atoms with Crippen molar-refractivity contribution in [3.63, 3.8) is 0 Å². The summed E-state index contributed by atoms with van der Waals surface area (Å²) in [6, 6.07) is 19.2. The van der Waals surface area contributed by atoms with Crippen molar-refractivity contribution in [2.45, 2.75) is 78.6 Å². The highest BCUT2D eigenvalue weighted by Gasteiger charge is 2.22. The first-order valence-electron chi connectivity index (χ1n) is 13.1. The van der Waals surface area contributed by atoms with Crippen LogP contribution in [0.3, 0.4) is 0 Å². The first-order chi connectivity index (χ1) is 17.7. The molecule has 0 spiro atoms. The fourth-order valence-corrected chi connectivity index (χ4v) is 6.07. The van der Waals surface area contributed by atoms with Gasteiger partial charge in [0, 0.05) is 11.0 Å². The van der Waals surface area contributed by atoms with Crippen molar-refractivity contribution >= 4 is 54.5 Å². The van der Waals surface area contributed by atoms with E-state index in [1.54, 1.807) is 22.7 Å². The Bertz CT molecular complexity index is 1640. The van der Waals surface area contributed by atoms with E-state index in [0.717, 1.165) is 37.1 Å². The fourth-order valence-electron chi connectivity index (χ4n) is 4.13. The molecule has 2 heterocycles. The standard InChI is InChI=1S/C32H36N4S2/c1-30(2,3)20-14-19(15-21(16-20)31(4,5)6)28-33-24-17-22(10-12-26(24)37-28)35-36-23-11-13-27-25(18-23)34-29(38-27)32(7,8)9/h10-18H,1-9H3. The summed E-state index contributed by atoms with van der Waals surface area (Å²) in [5.74, 6) is 0. The van der Waals surface area contributed by atoms with Crippen LogP contribution in [0.2, 0.25) is 0 Å². The van der Waals surface area contributed by atoms with Gasteiger partial charge in [0.05, 0.1) is 36.8 Å². The molecule has 0 aliphatic heterocycles. The predicted molar refractivity (Wildman–Crippen MR) is 165 cm³/mol. The number of thiazole rings is 2. The number of azo groups is 1. The summed E-state index contributed by atoms with van der Waals surface area (Å²) < 4.78 is 2.33. The molecule has 2 aromatic heterocycles. The maximum Gasteiger partial charge on any atom is 0.124 e. The molecule has 196 valence electrons. The van der Waals surface area contributed by atoms with Gasteiger partial charge in [-0.2, -0.15) is 10.2 Å². The van der Waals surface area contributed by atoms with Crippen LogP contribution in [0, 0.1) is 0 Å². The Labute approximate surface area is 233 Å². The van der Waals surface area contributed by atoms with Gasteiger partial charge in [0.15, 0.2) is 0 Å². The SMILES string of the molecule is CC(C)(C)c1cc(-c2nc3cc(N=Nc4ccc5sc(C(C)(C)C)nc5c4)ccc3s2)cc(C(C)(C)C)c1. The van der Waals surface area contributed by atoms with Crippen molar-refractivity contribution < 1.29 is 0 Å². The lowest BCUT2D eigenvalue weighted by Crippen LogP contribution is -2.16. The molecule has 0 fully saturated rings. The number of rotatable bonds is 3. The van der Waals surface area contributed by atoms with Gasteiger partial charge in [-0.25, -0.2) is 9.97 Å². The third-order valence-electron chi connectivity index (χ3n) is 6.58. The van der Waals surface area contributed by atoms with E-state index in [9.17, 15) is 0 Å². The highest BCUT2D eigenvalue weighted by Crippen LogP contribution is 2.38. The number of nitrogens with zero attached hydrogens (tertiary/aromatic N) is 4. The summed E-state index contributed by atoms with van der Waals surface area (Å²) in [4.78, 5) is 9.84. The van der Waals surface area contributed by atoms with Crippen molar-refractivity contribution in [3.05, 3.63) is 70.7 Å². The first-order valence-corrected chi connectivity index (χ1v) is 14.7. The zero-order chi connectivity index (χ0) is 27.5. The largest absolute Gasteiger partial charge is 0.241 e. The van der Waals surface area contributed by atoms with Crippen LogP contribution in [0.15, 0.2) is 64.8 Å². The first kappa shape index (κ1) is 26.6. The Morgan fingerprint density at radius 3 is 1.55 bits per heavy atom. The average molecular weight is 541 g/mol. The van der Waals surface area contributed by atoms with E-state index in [4.69, 9.17) is 9.97 Å². The van der Waals surface area contributed by atoms with Gasteiger partial charge in [0.25, 0.3) is 0 Å². The third-order valence-corrected chi connectivity index (χ3v) is 9.12. The Kier molecular flexibility index (Phi) is 6.56. The maximum atomic E-state index is 5.02. The van der Waals surface area contributed by atoms with Crippen molar-refractivity contribution in [3.8, 4) is 10.6 Å². The molecule has 38 heavy (non-hydrogen) atoms. The Hall–Kier alpha value is -2.96. The van der Waals surface area contributed by atoms with Crippen LogP contribution in [-0.2, 0) is 16.2 Å². The molecule has 5 aromatic rings. The monoisotopic (exact) mass is 540 g/mol. The van der Waals surface area contributed by atoms with Crippen LogP contribution in [0.5, 0.6) is 0 Å². The summed E-state index contributed by atoms with van der Waals surface area (Å²) in [5, 5.41) is 11.2. The molecule has 4 nitrogen and oxygen atoms in total. The smallest absolute Gasteiger partial charge is 0.124 e. The summed E-state index contributed by atoms with van der Waals surface area (Å²) in [5.41, 5.74) is 7.53. The van der Waals surface area contributed by atoms with Crippen molar-refractivity contribution in [1.82, 2.24) is 9.97 Å². The summed E-state index contributed by atoms with van der Waals surface area (Å²) in [6.07, 6.45) is 0.